The van der Waals surface area contributed by atoms with Crippen LogP contribution < -0.4 is 9.80 Å². The van der Waals surface area contributed by atoms with E-state index in [1.165, 1.54) is 54.8 Å². The third-order valence-electron chi connectivity index (χ3n) is 11.1. The van der Waals surface area contributed by atoms with Gasteiger partial charge < -0.3 is 9.80 Å². The lowest BCUT2D eigenvalue weighted by atomic mass is 9.94. The summed E-state index contributed by atoms with van der Waals surface area (Å²) in [5.41, 5.74) is 12.1. The fourth-order valence-electron chi connectivity index (χ4n) is 8.13. The van der Waals surface area contributed by atoms with Crippen molar-refractivity contribution in [2.75, 3.05) is 9.80 Å². The maximum atomic E-state index is 2.44. The number of rotatable bonds is 8. The van der Waals surface area contributed by atoms with Crippen molar-refractivity contribution in [1.82, 2.24) is 0 Å². The van der Waals surface area contributed by atoms with Gasteiger partial charge in [0.15, 0.2) is 0 Å². The Morgan fingerprint density at radius 3 is 1.21 bits per heavy atom. The van der Waals surface area contributed by atoms with Crippen LogP contribution in [0.2, 0.25) is 0 Å². The molecule has 0 saturated carbocycles. The first kappa shape index (κ1) is 33.4. The molecular formula is C54H40N2. The number of nitrogens with zero attached hydrogens (tertiary/aromatic N) is 2. The second-order valence-corrected chi connectivity index (χ2v) is 14.6. The van der Waals surface area contributed by atoms with Crippen LogP contribution in [0.15, 0.2) is 206 Å². The van der Waals surface area contributed by atoms with Gasteiger partial charge in [-0.25, -0.2) is 0 Å². The largest absolute Gasteiger partial charge is 0.314 e. The first-order valence-corrected chi connectivity index (χ1v) is 19.5. The number of hydrogen-bond acceptors (Lipinski definition) is 2. The highest BCUT2D eigenvalue weighted by Gasteiger charge is 2.20. The van der Waals surface area contributed by atoms with Crippen LogP contribution in [0.4, 0.5) is 28.4 Å². The van der Waals surface area contributed by atoms with Crippen LogP contribution in [0, 0.1) is 0 Å². The average Bonchev–Trinajstić information content (AvgIpc) is 3.26. The lowest BCUT2D eigenvalue weighted by molar-refractivity contribution is 0.894. The summed E-state index contributed by atoms with van der Waals surface area (Å²) in [5.74, 6) is 0. The Balaban J connectivity index is 0.946. The Bertz CT molecular complexity index is 2840. The Labute approximate surface area is 328 Å². The van der Waals surface area contributed by atoms with Crippen molar-refractivity contribution in [1.29, 1.82) is 0 Å². The summed E-state index contributed by atoms with van der Waals surface area (Å²) in [6, 6.07) is 72.6. The molecule has 0 radical (unpaired) electrons. The Kier molecular flexibility index (Phi) is 8.70. The van der Waals surface area contributed by atoms with E-state index in [1.54, 1.807) is 0 Å². The van der Waals surface area contributed by atoms with E-state index in [2.05, 4.69) is 228 Å². The second-order valence-electron chi connectivity index (χ2n) is 14.6. The van der Waals surface area contributed by atoms with E-state index in [0.29, 0.717) is 0 Å². The third-order valence-corrected chi connectivity index (χ3v) is 11.1. The summed E-state index contributed by atoms with van der Waals surface area (Å²) in [4.78, 5) is 4.79. The minimum atomic E-state index is 0.987. The molecule has 0 atom stereocenters. The molecule has 0 aromatic heterocycles. The molecule has 266 valence electrons. The van der Waals surface area contributed by atoms with Crippen LogP contribution in [0.1, 0.15) is 28.7 Å². The second kappa shape index (κ2) is 14.6. The predicted octanol–water partition coefficient (Wildman–Crippen LogP) is 14.9. The molecule has 1 aliphatic rings. The van der Waals surface area contributed by atoms with Crippen molar-refractivity contribution < 1.29 is 0 Å². The molecule has 0 amide bonds. The van der Waals surface area contributed by atoms with E-state index in [-0.39, 0.29) is 0 Å². The van der Waals surface area contributed by atoms with Gasteiger partial charge in [-0.1, -0.05) is 152 Å². The molecule has 0 bridgehead atoms. The summed E-state index contributed by atoms with van der Waals surface area (Å²) in [6.07, 6.45) is 8.80. The number of allylic oxidation sites excluding steroid dienone is 1. The van der Waals surface area contributed by atoms with Gasteiger partial charge in [0.25, 0.3) is 0 Å². The molecule has 1 aliphatic carbocycles. The molecule has 10 rings (SSSR count). The molecule has 0 aliphatic heterocycles. The molecule has 9 aromatic rings. The summed E-state index contributed by atoms with van der Waals surface area (Å²) in [5, 5.41) is 7.42. The van der Waals surface area contributed by atoms with Crippen LogP contribution in [-0.4, -0.2) is 0 Å². The summed E-state index contributed by atoms with van der Waals surface area (Å²) in [7, 11) is 0. The van der Waals surface area contributed by atoms with Crippen molar-refractivity contribution in [2.45, 2.75) is 12.8 Å². The number of fused-ring (bicyclic) bond motifs is 4. The molecule has 0 spiro atoms. The van der Waals surface area contributed by atoms with E-state index >= 15 is 0 Å². The van der Waals surface area contributed by atoms with Gasteiger partial charge in [-0.05, 0) is 134 Å². The van der Waals surface area contributed by atoms with Gasteiger partial charge in [0.2, 0.25) is 0 Å². The lowest BCUT2D eigenvalue weighted by Gasteiger charge is -2.31. The van der Waals surface area contributed by atoms with Gasteiger partial charge in [-0.2, -0.15) is 0 Å². The van der Waals surface area contributed by atoms with Gasteiger partial charge >= 0.3 is 0 Å². The van der Waals surface area contributed by atoms with E-state index in [0.717, 1.165) is 46.7 Å². The highest BCUT2D eigenvalue weighted by molar-refractivity contribution is 5.93. The van der Waals surface area contributed by atoms with Crippen molar-refractivity contribution in [3.05, 3.63) is 228 Å². The third kappa shape index (κ3) is 6.63. The SMILES string of the molecule is C1=C(N(c2ccc(/C=C/c3ccc(N(c4ccc5ccccc5c4)c4ccc5ccccc5c4)cc3)cc2)c2ccc3ccccc3c2)CCc2ccccc21. The first-order chi connectivity index (χ1) is 27.7. The van der Waals surface area contributed by atoms with Crippen molar-refractivity contribution in [3.63, 3.8) is 0 Å². The molecular weight excluding hydrogens is 677 g/mol. The number of benzene rings is 9. The highest BCUT2D eigenvalue weighted by Crippen LogP contribution is 2.39. The average molecular weight is 717 g/mol. The van der Waals surface area contributed by atoms with E-state index in [4.69, 9.17) is 0 Å². The summed E-state index contributed by atoms with van der Waals surface area (Å²) in [6.45, 7) is 0. The van der Waals surface area contributed by atoms with Crippen molar-refractivity contribution in [2.24, 2.45) is 0 Å². The maximum Gasteiger partial charge on any atom is 0.0468 e. The number of hydrogen-bond donors (Lipinski definition) is 0. The summed E-state index contributed by atoms with van der Waals surface area (Å²) >= 11 is 0. The number of aryl methyl sites for hydroxylation is 1. The van der Waals surface area contributed by atoms with Gasteiger partial charge in [-0.15, -0.1) is 0 Å². The Hall–Kier alpha value is -7.16. The van der Waals surface area contributed by atoms with E-state index in [1.807, 2.05) is 0 Å². The maximum absolute atomic E-state index is 2.44. The van der Waals surface area contributed by atoms with E-state index < -0.39 is 0 Å². The molecule has 2 nitrogen and oxygen atoms in total. The monoisotopic (exact) mass is 716 g/mol. The zero-order valence-corrected chi connectivity index (χ0v) is 31.1. The fourth-order valence-corrected chi connectivity index (χ4v) is 8.13. The van der Waals surface area contributed by atoms with Crippen LogP contribution >= 0.6 is 0 Å². The lowest BCUT2D eigenvalue weighted by Crippen LogP contribution is -2.19. The molecule has 0 heterocycles. The van der Waals surface area contributed by atoms with Gasteiger partial charge in [-0.3, -0.25) is 0 Å². The standard InChI is InChI=1S/C54H40N2/c1-5-13-45-35-51(31-23-41(45)9-1)55(52-32-24-42-10-2-6-14-46(42)36-52)49-27-19-39(20-28-49)17-18-40-21-29-50(30-22-40)56(53-33-25-43-11-3-7-15-47(43)37-53)54-34-26-44-12-4-8-16-48(44)38-54/h1-25,27-33,35-38H,26,34H2/b18-17+. The zero-order chi connectivity index (χ0) is 37.3. The fraction of sp³-hybridized carbons (Fsp3) is 0.0370. The molecule has 2 heteroatoms. The van der Waals surface area contributed by atoms with Crippen LogP contribution in [0.5, 0.6) is 0 Å². The topological polar surface area (TPSA) is 6.48 Å². The summed E-state index contributed by atoms with van der Waals surface area (Å²) < 4.78 is 0. The molecule has 0 unspecified atom stereocenters. The molecule has 0 N–H and O–H groups in total. The first-order valence-electron chi connectivity index (χ1n) is 19.5. The smallest absolute Gasteiger partial charge is 0.0468 e. The Morgan fingerprint density at radius 1 is 0.321 bits per heavy atom. The normalized spacial score (nSPS) is 12.5. The minimum Gasteiger partial charge on any atom is -0.314 e. The molecule has 0 fully saturated rings. The van der Waals surface area contributed by atoms with Gasteiger partial charge in [0, 0.05) is 34.1 Å². The molecule has 9 aromatic carbocycles. The van der Waals surface area contributed by atoms with Gasteiger partial charge in [0.1, 0.15) is 0 Å². The highest BCUT2D eigenvalue weighted by atomic mass is 15.2. The van der Waals surface area contributed by atoms with Crippen LogP contribution in [0.3, 0.4) is 0 Å². The quantitative estimate of drug-likeness (QED) is 0.144. The number of anilines is 5. The predicted molar refractivity (Wildman–Crippen MR) is 240 cm³/mol. The van der Waals surface area contributed by atoms with Crippen LogP contribution in [-0.2, 0) is 6.42 Å². The molecule has 56 heavy (non-hydrogen) atoms. The Morgan fingerprint density at radius 2 is 0.714 bits per heavy atom. The molecule has 0 saturated heterocycles. The van der Waals surface area contributed by atoms with E-state index in [9.17, 15) is 0 Å². The van der Waals surface area contributed by atoms with Gasteiger partial charge in [0.05, 0.1) is 0 Å². The van der Waals surface area contributed by atoms with Crippen molar-refractivity contribution >= 4 is 79.0 Å². The van der Waals surface area contributed by atoms with Crippen molar-refractivity contribution in [3.8, 4) is 0 Å². The van der Waals surface area contributed by atoms with Crippen LogP contribution in [0.25, 0.3) is 50.5 Å². The zero-order valence-electron chi connectivity index (χ0n) is 31.1. The minimum absolute atomic E-state index is 0.987.